The van der Waals surface area contributed by atoms with Gasteiger partial charge in [-0.15, -0.1) is 0 Å². The predicted octanol–water partition coefficient (Wildman–Crippen LogP) is 1.17. The van der Waals surface area contributed by atoms with Crippen LogP contribution in [0.5, 0.6) is 0 Å². The molecule has 3 N–H and O–H groups in total. The predicted molar refractivity (Wildman–Crippen MR) is 59.9 cm³/mol. The van der Waals surface area contributed by atoms with E-state index in [1.165, 1.54) is 0 Å². The summed E-state index contributed by atoms with van der Waals surface area (Å²) in [4.78, 5) is 11.4. The Balaban J connectivity index is 3.83. The molecule has 4 nitrogen and oxygen atoms in total. The van der Waals surface area contributed by atoms with E-state index in [0.29, 0.717) is 19.4 Å². The molecule has 0 fully saturated rings. The summed E-state index contributed by atoms with van der Waals surface area (Å²) in [7, 11) is 0. The number of nitrogens with two attached hydrogens (primary N) is 1. The van der Waals surface area contributed by atoms with Crippen molar-refractivity contribution in [3.05, 3.63) is 0 Å². The molecule has 15 heavy (non-hydrogen) atoms. The Labute approximate surface area is 91.8 Å². The quantitative estimate of drug-likeness (QED) is 0.716. The molecule has 0 aromatic heterocycles. The first-order valence-corrected chi connectivity index (χ1v) is 5.13. The van der Waals surface area contributed by atoms with E-state index in [9.17, 15) is 4.79 Å². The van der Waals surface area contributed by atoms with Crippen LogP contribution >= 0.6 is 0 Å². The largest absolute Gasteiger partial charge is 0.355 e. The molecule has 86 valence electrons. The lowest BCUT2D eigenvalue weighted by molar-refractivity contribution is -0.121. The summed E-state index contributed by atoms with van der Waals surface area (Å²) >= 11 is 0. The number of hydrogen-bond acceptors (Lipinski definition) is 3. The Morgan fingerprint density at radius 2 is 1.93 bits per heavy atom. The van der Waals surface area contributed by atoms with Crippen LogP contribution in [0.4, 0.5) is 0 Å². The second kappa shape index (κ2) is 5.13. The van der Waals surface area contributed by atoms with Gasteiger partial charge in [-0.1, -0.05) is 0 Å². The highest BCUT2D eigenvalue weighted by Gasteiger charge is 2.18. The number of hydrogen-bond donors (Lipinski definition) is 2. The maximum Gasteiger partial charge on any atom is 0.220 e. The number of rotatable bonds is 5. The third kappa shape index (κ3) is 7.95. The normalized spacial score (nSPS) is 12.0. The molecule has 0 aromatic rings. The number of amides is 1. The summed E-state index contributed by atoms with van der Waals surface area (Å²) in [6.07, 6.45) is 1.05. The maximum atomic E-state index is 11.4. The highest BCUT2D eigenvalue weighted by molar-refractivity contribution is 5.76. The monoisotopic (exact) mass is 211 g/mol. The zero-order valence-corrected chi connectivity index (χ0v) is 10.1. The van der Waals surface area contributed by atoms with E-state index in [0.717, 1.165) is 0 Å². The first-order valence-electron chi connectivity index (χ1n) is 5.13. The zero-order valence-electron chi connectivity index (χ0n) is 10.1. The second-order valence-corrected chi connectivity index (χ2v) is 5.26. The van der Waals surface area contributed by atoms with Gasteiger partial charge in [0.2, 0.25) is 5.91 Å². The molecule has 0 rings (SSSR count). The summed E-state index contributed by atoms with van der Waals surface area (Å²) < 4.78 is 0. The zero-order chi connectivity index (χ0) is 12.1. The molecule has 4 heteroatoms. The third-order valence-corrected chi connectivity index (χ3v) is 2.03. The minimum atomic E-state index is -0.506. The van der Waals surface area contributed by atoms with E-state index in [4.69, 9.17) is 11.0 Å². The molecule has 0 saturated heterocycles. The Bertz CT molecular complexity index is 258. The van der Waals surface area contributed by atoms with Crippen molar-refractivity contribution in [3.8, 4) is 6.07 Å². The summed E-state index contributed by atoms with van der Waals surface area (Å²) in [6.45, 7) is 7.74. The van der Waals surface area contributed by atoms with Gasteiger partial charge < -0.3 is 11.1 Å². The van der Waals surface area contributed by atoms with Gasteiger partial charge in [-0.25, -0.2) is 0 Å². The molecule has 0 saturated carbocycles. The minimum Gasteiger partial charge on any atom is -0.355 e. The van der Waals surface area contributed by atoms with E-state index in [-0.39, 0.29) is 11.4 Å². The van der Waals surface area contributed by atoms with Crippen molar-refractivity contribution in [2.75, 3.05) is 6.54 Å². The molecule has 0 aliphatic heterocycles. The van der Waals surface area contributed by atoms with E-state index >= 15 is 0 Å². The molecule has 0 heterocycles. The highest BCUT2D eigenvalue weighted by Crippen LogP contribution is 2.11. The SMILES string of the molecule is CC(C)(N)CCC(=O)NCC(C)(C)C#N. The molecule has 0 atom stereocenters. The van der Waals surface area contributed by atoms with Crippen LogP contribution in [0.1, 0.15) is 40.5 Å². The van der Waals surface area contributed by atoms with Gasteiger partial charge in [-0.3, -0.25) is 4.79 Å². The number of carbonyl (C=O) groups excluding carboxylic acids is 1. The molecule has 0 bridgehead atoms. The molecule has 0 aromatic carbocycles. The third-order valence-electron chi connectivity index (χ3n) is 2.03. The molecule has 1 amide bonds. The lowest BCUT2D eigenvalue weighted by atomic mass is 9.95. The van der Waals surface area contributed by atoms with Crippen LogP contribution in [-0.2, 0) is 4.79 Å². The van der Waals surface area contributed by atoms with Crippen LogP contribution in [0.15, 0.2) is 0 Å². The van der Waals surface area contributed by atoms with Crippen molar-refractivity contribution >= 4 is 5.91 Å². The minimum absolute atomic E-state index is 0.0446. The Morgan fingerprint density at radius 3 is 2.33 bits per heavy atom. The van der Waals surface area contributed by atoms with Crippen molar-refractivity contribution in [2.45, 2.75) is 46.1 Å². The first kappa shape index (κ1) is 13.9. The van der Waals surface area contributed by atoms with Crippen LogP contribution in [-0.4, -0.2) is 18.0 Å². The standard InChI is InChI=1S/C11H21N3O/c1-10(2,7-12)8-14-9(15)5-6-11(3,4)13/h5-6,8,13H2,1-4H3,(H,14,15). The van der Waals surface area contributed by atoms with Gasteiger partial charge in [0.15, 0.2) is 0 Å². The van der Waals surface area contributed by atoms with Crippen molar-refractivity contribution in [3.63, 3.8) is 0 Å². The van der Waals surface area contributed by atoms with E-state index in [1.54, 1.807) is 13.8 Å². The molecule has 0 radical (unpaired) electrons. The molecular weight excluding hydrogens is 190 g/mol. The van der Waals surface area contributed by atoms with Gasteiger partial charge in [-0.2, -0.15) is 5.26 Å². The fourth-order valence-electron chi connectivity index (χ4n) is 0.883. The average molecular weight is 211 g/mol. The van der Waals surface area contributed by atoms with Crippen molar-refractivity contribution in [1.29, 1.82) is 5.26 Å². The Morgan fingerprint density at radius 1 is 1.40 bits per heavy atom. The number of nitriles is 1. The van der Waals surface area contributed by atoms with Gasteiger partial charge in [0.25, 0.3) is 0 Å². The second-order valence-electron chi connectivity index (χ2n) is 5.26. The maximum absolute atomic E-state index is 11.4. The van der Waals surface area contributed by atoms with Crippen molar-refractivity contribution in [1.82, 2.24) is 5.32 Å². The van der Waals surface area contributed by atoms with Crippen LogP contribution in [0.2, 0.25) is 0 Å². The van der Waals surface area contributed by atoms with Gasteiger partial charge >= 0.3 is 0 Å². The molecule has 0 aliphatic carbocycles. The van der Waals surface area contributed by atoms with Gasteiger partial charge in [0.1, 0.15) is 0 Å². The molecule has 0 spiro atoms. The van der Waals surface area contributed by atoms with E-state index in [2.05, 4.69) is 11.4 Å². The topological polar surface area (TPSA) is 78.9 Å². The molecular formula is C11H21N3O. The fourth-order valence-corrected chi connectivity index (χ4v) is 0.883. The van der Waals surface area contributed by atoms with E-state index < -0.39 is 5.41 Å². The summed E-state index contributed by atoms with van der Waals surface area (Å²) in [5, 5.41) is 11.5. The number of carbonyl (C=O) groups is 1. The van der Waals surface area contributed by atoms with Gasteiger partial charge in [0, 0.05) is 18.5 Å². The molecule has 0 unspecified atom stereocenters. The lowest BCUT2D eigenvalue weighted by Gasteiger charge is -2.19. The Kier molecular flexibility index (Phi) is 4.76. The van der Waals surface area contributed by atoms with Crippen LogP contribution in [0.25, 0.3) is 0 Å². The van der Waals surface area contributed by atoms with Crippen LogP contribution < -0.4 is 11.1 Å². The summed E-state index contributed by atoms with van der Waals surface area (Å²) in [5.41, 5.74) is 4.94. The smallest absolute Gasteiger partial charge is 0.220 e. The van der Waals surface area contributed by atoms with Crippen molar-refractivity contribution in [2.24, 2.45) is 11.1 Å². The highest BCUT2D eigenvalue weighted by atomic mass is 16.1. The average Bonchev–Trinajstić information content (AvgIpc) is 2.10. The summed E-state index contributed by atoms with van der Waals surface area (Å²) in [5.74, 6) is -0.0446. The van der Waals surface area contributed by atoms with Crippen LogP contribution in [0, 0.1) is 16.7 Å². The first-order chi connectivity index (χ1) is 6.66. The van der Waals surface area contributed by atoms with E-state index in [1.807, 2.05) is 13.8 Å². The van der Waals surface area contributed by atoms with Crippen molar-refractivity contribution < 1.29 is 4.79 Å². The number of nitrogens with zero attached hydrogens (tertiary/aromatic N) is 1. The summed E-state index contributed by atoms with van der Waals surface area (Å²) in [6, 6.07) is 2.13. The Hall–Kier alpha value is -1.08. The van der Waals surface area contributed by atoms with Crippen LogP contribution in [0.3, 0.4) is 0 Å². The number of nitrogens with one attached hydrogen (secondary N) is 1. The van der Waals surface area contributed by atoms with Gasteiger partial charge in [-0.05, 0) is 34.1 Å². The van der Waals surface area contributed by atoms with Gasteiger partial charge in [0.05, 0.1) is 11.5 Å². The fraction of sp³-hybridized carbons (Fsp3) is 0.818. The lowest BCUT2D eigenvalue weighted by Crippen LogP contribution is -2.37. The molecule has 0 aliphatic rings.